The molecule has 2 amide bonds. The number of hydrogen-bond donors (Lipinski definition) is 1. The molecule has 0 spiro atoms. The molecule has 6 nitrogen and oxygen atoms in total. The highest BCUT2D eigenvalue weighted by Gasteiger charge is 2.48. The van der Waals surface area contributed by atoms with Crippen LogP contribution in [0, 0.1) is 23.7 Å². The van der Waals surface area contributed by atoms with Crippen molar-refractivity contribution in [3.8, 4) is 0 Å². The molecule has 6 heteroatoms. The second-order valence-corrected chi connectivity index (χ2v) is 8.09. The molecule has 3 aliphatic rings. The highest BCUT2D eigenvalue weighted by molar-refractivity contribution is 5.87. The Kier molecular flexibility index (Phi) is 5.64. The number of piperidine rings is 1. The van der Waals surface area contributed by atoms with Gasteiger partial charge in [-0.25, -0.2) is 0 Å². The number of carboxylic acid groups (broad SMARTS) is 1. The van der Waals surface area contributed by atoms with Crippen LogP contribution in [0.5, 0.6) is 0 Å². The number of carboxylic acids is 1. The van der Waals surface area contributed by atoms with E-state index in [-0.39, 0.29) is 30.2 Å². The molecular weight excluding hydrogens is 320 g/mol. The number of aliphatic carboxylic acids is 1. The molecule has 1 N–H and O–H groups in total. The average molecular weight is 350 g/mol. The Labute approximate surface area is 149 Å². The van der Waals surface area contributed by atoms with E-state index < -0.39 is 5.97 Å². The van der Waals surface area contributed by atoms with Crippen LogP contribution in [0.4, 0.5) is 0 Å². The van der Waals surface area contributed by atoms with Gasteiger partial charge in [0, 0.05) is 26.1 Å². The quantitative estimate of drug-likeness (QED) is 0.822. The fraction of sp³-hybridized carbons (Fsp3) is 0.842. The molecule has 0 bridgehead atoms. The van der Waals surface area contributed by atoms with Crippen molar-refractivity contribution >= 4 is 17.8 Å². The molecule has 0 aromatic carbocycles. The fourth-order valence-electron chi connectivity index (χ4n) is 4.62. The molecule has 0 aromatic heterocycles. The van der Waals surface area contributed by atoms with Crippen LogP contribution in [0.2, 0.25) is 0 Å². The maximum Gasteiger partial charge on any atom is 0.306 e. The number of rotatable bonds is 5. The van der Waals surface area contributed by atoms with Gasteiger partial charge in [0.25, 0.3) is 0 Å². The third-order valence-electron chi connectivity index (χ3n) is 6.36. The van der Waals surface area contributed by atoms with Gasteiger partial charge in [-0.2, -0.15) is 0 Å². The van der Waals surface area contributed by atoms with E-state index in [1.807, 2.05) is 0 Å². The third-order valence-corrected chi connectivity index (χ3v) is 6.36. The molecule has 3 rings (SSSR count). The van der Waals surface area contributed by atoms with Gasteiger partial charge in [0.05, 0.1) is 12.5 Å². The van der Waals surface area contributed by atoms with E-state index >= 15 is 0 Å². The van der Waals surface area contributed by atoms with E-state index in [1.165, 1.54) is 32.1 Å². The van der Waals surface area contributed by atoms with Gasteiger partial charge in [-0.1, -0.05) is 32.1 Å². The highest BCUT2D eigenvalue weighted by atomic mass is 16.4. The van der Waals surface area contributed by atoms with Crippen LogP contribution in [0.25, 0.3) is 0 Å². The van der Waals surface area contributed by atoms with Crippen molar-refractivity contribution < 1.29 is 19.5 Å². The molecule has 1 heterocycles. The van der Waals surface area contributed by atoms with Crippen LogP contribution >= 0.6 is 0 Å². The zero-order valence-corrected chi connectivity index (χ0v) is 15.2. The van der Waals surface area contributed by atoms with E-state index in [4.69, 9.17) is 5.11 Å². The molecule has 2 unspecified atom stereocenters. The number of carbonyl (C=O) groups excluding carboxylic acids is 2. The van der Waals surface area contributed by atoms with Gasteiger partial charge >= 0.3 is 5.97 Å². The van der Waals surface area contributed by atoms with E-state index in [9.17, 15) is 14.4 Å². The van der Waals surface area contributed by atoms with Crippen LogP contribution in [0.1, 0.15) is 51.4 Å². The van der Waals surface area contributed by atoms with E-state index in [0.717, 1.165) is 6.42 Å². The average Bonchev–Trinajstić information content (AvgIpc) is 3.42. The normalized spacial score (nSPS) is 27.8. The van der Waals surface area contributed by atoms with Crippen LogP contribution < -0.4 is 0 Å². The molecule has 3 fully saturated rings. The molecule has 1 aliphatic heterocycles. The smallest absolute Gasteiger partial charge is 0.306 e. The number of amides is 2. The summed E-state index contributed by atoms with van der Waals surface area (Å²) in [6.45, 7) is 1.07. The first-order valence-electron chi connectivity index (χ1n) is 9.73. The Morgan fingerprint density at radius 2 is 1.68 bits per heavy atom. The van der Waals surface area contributed by atoms with E-state index in [1.54, 1.807) is 16.8 Å². The summed E-state index contributed by atoms with van der Waals surface area (Å²) in [7, 11) is 1.72. The molecule has 2 atom stereocenters. The minimum Gasteiger partial charge on any atom is -0.481 e. The first-order valence-corrected chi connectivity index (χ1v) is 9.73. The lowest BCUT2D eigenvalue weighted by Gasteiger charge is -2.31. The summed E-state index contributed by atoms with van der Waals surface area (Å²) in [6.07, 6.45) is 8.44. The monoisotopic (exact) mass is 350 g/mol. The minimum absolute atomic E-state index is 0.0606. The van der Waals surface area contributed by atoms with E-state index in [0.29, 0.717) is 37.8 Å². The summed E-state index contributed by atoms with van der Waals surface area (Å²) < 4.78 is 0. The SMILES string of the molecule is CN(CC(=O)N1CCC(C(=O)O)CC1)C(=O)C1CC1C1CCCCC1. The predicted octanol–water partition coefficient (Wildman–Crippen LogP) is 1.98. The van der Waals surface area contributed by atoms with Crippen molar-refractivity contribution in [3.05, 3.63) is 0 Å². The number of likely N-dealkylation sites (N-methyl/N-ethyl adjacent to an activating group) is 1. The van der Waals surface area contributed by atoms with Gasteiger partial charge in [0.1, 0.15) is 0 Å². The first kappa shape index (κ1) is 18.2. The van der Waals surface area contributed by atoms with Gasteiger partial charge in [-0.05, 0) is 31.1 Å². The summed E-state index contributed by atoms with van der Waals surface area (Å²) in [4.78, 5) is 39.3. The van der Waals surface area contributed by atoms with Crippen molar-refractivity contribution in [1.29, 1.82) is 0 Å². The Morgan fingerprint density at radius 1 is 1.04 bits per heavy atom. The van der Waals surface area contributed by atoms with Crippen molar-refractivity contribution in [1.82, 2.24) is 9.80 Å². The maximum atomic E-state index is 12.6. The summed E-state index contributed by atoms with van der Waals surface area (Å²) >= 11 is 0. The number of nitrogens with zero attached hydrogens (tertiary/aromatic N) is 2. The van der Waals surface area contributed by atoms with Gasteiger partial charge in [-0.3, -0.25) is 14.4 Å². The Bertz CT molecular complexity index is 522. The molecule has 2 saturated carbocycles. The first-order chi connectivity index (χ1) is 12.0. The van der Waals surface area contributed by atoms with Gasteiger partial charge < -0.3 is 14.9 Å². The Balaban J connectivity index is 1.43. The van der Waals surface area contributed by atoms with Crippen molar-refractivity contribution in [2.75, 3.05) is 26.7 Å². The number of likely N-dealkylation sites (tertiary alicyclic amines) is 1. The fourth-order valence-corrected chi connectivity index (χ4v) is 4.62. The molecule has 2 aliphatic carbocycles. The molecule has 25 heavy (non-hydrogen) atoms. The molecular formula is C19H30N2O4. The number of hydrogen-bond acceptors (Lipinski definition) is 3. The number of carbonyl (C=O) groups is 3. The molecule has 140 valence electrons. The highest BCUT2D eigenvalue weighted by Crippen LogP contribution is 2.50. The standard InChI is InChI=1S/C19H30N2O4/c1-20(12-17(22)21-9-7-14(8-10-21)19(24)25)18(23)16-11-15(16)13-5-3-2-4-6-13/h13-16H,2-12H2,1H3,(H,24,25). The predicted molar refractivity (Wildman–Crippen MR) is 92.7 cm³/mol. The van der Waals surface area contributed by atoms with Crippen LogP contribution in [0.15, 0.2) is 0 Å². The molecule has 1 saturated heterocycles. The van der Waals surface area contributed by atoms with E-state index in [2.05, 4.69) is 0 Å². The van der Waals surface area contributed by atoms with Gasteiger partial charge in [-0.15, -0.1) is 0 Å². The van der Waals surface area contributed by atoms with Gasteiger partial charge in [0.15, 0.2) is 0 Å². The molecule has 0 aromatic rings. The summed E-state index contributed by atoms with van der Waals surface area (Å²) in [5, 5.41) is 9.03. The zero-order valence-electron chi connectivity index (χ0n) is 15.2. The largest absolute Gasteiger partial charge is 0.481 e. The van der Waals surface area contributed by atoms with Crippen LogP contribution in [-0.4, -0.2) is 59.4 Å². The van der Waals surface area contributed by atoms with Gasteiger partial charge in [0.2, 0.25) is 11.8 Å². The second kappa shape index (κ2) is 7.75. The summed E-state index contributed by atoms with van der Waals surface area (Å²) in [5.41, 5.74) is 0. The van der Waals surface area contributed by atoms with Crippen LogP contribution in [-0.2, 0) is 14.4 Å². The summed E-state index contributed by atoms with van der Waals surface area (Å²) in [6, 6.07) is 0. The lowest BCUT2D eigenvalue weighted by atomic mass is 9.85. The zero-order chi connectivity index (χ0) is 18.0. The second-order valence-electron chi connectivity index (χ2n) is 8.09. The Hall–Kier alpha value is -1.59. The summed E-state index contributed by atoms with van der Waals surface area (Å²) in [5.74, 6) is 0.309. The maximum absolute atomic E-state index is 12.6. The topological polar surface area (TPSA) is 77.9 Å². The Morgan fingerprint density at radius 3 is 2.28 bits per heavy atom. The van der Waals surface area contributed by atoms with Crippen molar-refractivity contribution in [2.24, 2.45) is 23.7 Å². The van der Waals surface area contributed by atoms with Crippen molar-refractivity contribution in [2.45, 2.75) is 51.4 Å². The van der Waals surface area contributed by atoms with Crippen LogP contribution in [0.3, 0.4) is 0 Å². The van der Waals surface area contributed by atoms with Crippen molar-refractivity contribution in [3.63, 3.8) is 0 Å². The minimum atomic E-state index is -0.776. The lowest BCUT2D eigenvalue weighted by molar-refractivity contribution is -0.146. The third kappa shape index (κ3) is 4.33. The molecule has 0 radical (unpaired) electrons. The lowest BCUT2D eigenvalue weighted by Crippen LogP contribution is -2.45.